The molecule has 0 unspecified atom stereocenters. The summed E-state index contributed by atoms with van der Waals surface area (Å²) in [5.74, 6) is -0.875. The van der Waals surface area contributed by atoms with Crippen molar-refractivity contribution in [2.24, 2.45) is 0 Å². The van der Waals surface area contributed by atoms with Gasteiger partial charge in [-0.25, -0.2) is 4.98 Å². The third kappa shape index (κ3) is 2.19. The molecule has 1 aromatic heterocycles. The van der Waals surface area contributed by atoms with Crippen LogP contribution < -0.4 is 5.32 Å². The highest BCUT2D eigenvalue weighted by Crippen LogP contribution is 2.11. The summed E-state index contributed by atoms with van der Waals surface area (Å²) in [4.78, 5) is 14.2. The summed E-state index contributed by atoms with van der Waals surface area (Å²) in [7, 11) is 0. The molecule has 1 aromatic rings. The Balaban J connectivity index is 2.50. The largest absolute Gasteiger partial charge is 0.480 e. The van der Waals surface area contributed by atoms with Crippen LogP contribution in [-0.2, 0) is 4.79 Å². The van der Waals surface area contributed by atoms with E-state index in [1.807, 2.05) is 0 Å². The molecule has 0 bridgehead atoms. The van der Waals surface area contributed by atoms with Crippen molar-refractivity contribution in [2.75, 3.05) is 5.32 Å². The molecule has 0 amide bonds. The van der Waals surface area contributed by atoms with Crippen LogP contribution in [0.15, 0.2) is 11.6 Å². The molecule has 1 rings (SSSR count). The standard InChI is InChI=1S/C6H8N2O2S/c1-4(5(9)10)8-6-7-2-3-11-6/h2-4H,1H3,(H,7,8)(H,9,10)/t4-/m0/s1. The number of aromatic nitrogens is 1. The first-order valence-corrected chi connectivity index (χ1v) is 3.97. The first-order chi connectivity index (χ1) is 5.20. The number of nitrogens with zero attached hydrogens (tertiary/aromatic N) is 1. The molecule has 0 saturated carbocycles. The summed E-state index contributed by atoms with van der Waals surface area (Å²) < 4.78 is 0. The molecule has 5 heteroatoms. The molecule has 0 spiro atoms. The van der Waals surface area contributed by atoms with E-state index in [0.717, 1.165) is 0 Å². The Kier molecular flexibility index (Phi) is 2.43. The minimum absolute atomic E-state index is 0.582. The number of nitrogens with one attached hydrogen (secondary N) is 1. The summed E-state index contributed by atoms with van der Waals surface area (Å²) >= 11 is 1.38. The number of hydrogen-bond donors (Lipinski definition) is 2. The van der Waals surface area contributed by atoms with Crippen LogP contribution in [0.1, 0.15) is 6.92 Å². The number of carboxylic acid groups (broad SMARTS) is 1. The molecule has 4 nitrogen and oxygen atoms in total. The van der Waals surface area contributed by atoms with E-state index in [0.29, 0.717) is 5.13 Å². The van der Waals surface area contributed by atoms with Gasteiger partial charge in [0.15, 0.2) is 5.13 Å². The number of aliphatic carboxylic acids is 1. The molecule has 0 aliphatic carbocycles. The van der Waals surface area contributed by atoms with Crippen molar-refractivity contribution in [3.05, 3.63) is 11.6 Å². The Morgan fingerprint density at radius 3 is 3.09 bits per heavy atom. The highest BCUT2D eigenvalue weighted by Gasteiger charge is 2.10. The molecular weight excluding hydrogens is 164 g/mol. The molecule has 1 atom stereocenters. The van der Waals surface area contributed by atoms with Crippen LogP contribution in [0.3, 0.4) is 0 Å². The second-order valence-corrected chi connectivity index (χ2v) is 2.94. The van der Waals surface area contributed by atoms with Gasteiger partial charge in [-0.05, 0) is 6.92 Å². The second-order valence-electron chi connectivity index (χ2n) is 2.04. The van der Waals surface area contributed by atoms with Crippen LogP contribution in [0.2, 0.25) is 0 Å². The highest BCUT2D eigenvalue weighted by molar-refractivity contribution is 7.13. The molecule has 1 heterocycles. The Bertz CT molecular complexity index is 235. The van der Waals surface area contributed by atoms with E-state index in [9.17, 15) is 4.79 Å². The Morgan fingerprint density at radius 1 is 1.91 bits per heavy atom. The SMILES string of the molecule is C[C@H](Nc1nccs1)C(=O)O. The summed E-state index contributed by atoms with van der Waals surface area (Å²) in [5, 5.41) is 13.7. The van der Waals surface area contributed by atoms with Crippen LogP contribution in [0, 0.1) is 0 Å². The van der Waals surface area contributed by atoms with E-state index in [-0.39, 0.29) is 0 Å². The third-order valence-corrected chi connectivity index (χ3v) is 1.85. The number of rotatable bonds is 3. The maximum Gasteiger partial charge on any atom is 0.325 e. The van der Waals surface area contributed by atoms with Crippen molar-refractivity contribution >= 4 is 22.4 Å². The van der Waals surface area contributed by atoms with E-state index in [4.69, 9.17) is 5.11 Å². The van der Waals surface area contributed by atoms with Gasteiger partial charge in [-0.2, -0.15) is 0 Å². The Hall–Kier alpha value is -1.10. The van der Waals surface area contributed by atoms with Gasteiger partial charge in [0.2, 0.25) is 0 Å². The minimum atomic E-state index is -0.875. The fourth-order valence-corrected chi connectivity index (χ4v) is 1.16. The molecular formula is C6H8N2O2S. The molecule has 0 fully saturated rings. The number of anilines is 1. The zero-order valence-corrected chi connectivity index (χ0v) is 6.76. The van der Waals surface area contributed by atoms with E-state index < -0.39 is 12.0 Å². The number of hydrogen-bond acceptors (Lipinski definition) is 4. The van der Waals surface area contributed by atoms with Crippen molar-refractivity contribution in [1.29, 1.82) is 0 Å². The zero-order chi connectivity index (χ0) is 8.27. The van der Waals surface area contributed by atoms with Crippen molar-refractivity contribution in [3.63, 3.8) is 0 Å². The monoisotopic (exact) mass is 172 g/mol. The van der Waals surface area contributed by atoms with E-state index in [2.05, 4.69) is 10.3 Å². The fourth-order valence-electron chi connectivity index (χ4n) is 0.542. The summed E-state index contributed by atoms with van der Waals surface area (Å²) in [6.45, 7) is 1.57. The van der Waals surface area contributed by atoms with Crippen molar-refractivity contribution in [1.82, 2.24) is 4.98 Å². The van der Waals surface area contributed by atoms with E-state index in [1.165, 1.54) is 11.3 Å². The van der Waals surface area contributed by atoms with Gasteiger partial charge >= 0.3 is 5.97 Å². The molecule has 0 aliphatic rings. The number of carbonyl (C=O) groups is 1. The Labute approximate surface area is 67.9 Å². The Morgan fingerprint density at radius 2 is 2.64 bits per heavy atom. The molecule has 11 heavy (non-hydrogen) atoms. The van der Waals surface area contributed by atoms with Crippen LogP contribution in [0.4, 0.5) is 5.13 Å². The quantitative estimate of drug-likeness (QED) is 0.714. The molecule has 60 valence electrons. The van der Waals surface area contributed by atoms with E-state index in [1.54, 1.807) is 18.5 Å². The molecule has 0 aromatic carbocycles. The maximum atomic E-state index is 10.3. The summed E-state index contributed by atoms with van der Waals surface area (Å²) in [6.07, 6.45) is 1.63. The van der Waals surface area contributed by atoms with Gasteiger partial charge < -0.3 is 10.4 Å². The lowest BCUT2D eigenvalue weighted by atomic mass is 10.4. The average molecular weight is 172 g/mol. The number of thiazole rings is 1. The molecule has 0 aliphatic heterocycles. The normalized spacial score (nSPS) is 12.5. The van der Waals surface area contributed by atoms with Gasteiger partial charge in [0, 0.05) is 11.6 Å². The lowest BCUT2D eigenvalue weighted by molar-refractivity contribution is -0.137. The first kappa shape index (κ1) is 8.00. The van der Waals surface area contributed by atoms with Crippen LogP contribution in [-0.4, -0.2) is 22.1 Å². The molecule has 0 saturated heterocycles. The topological polar surface area (TPSA) is 62.2 Å². The van der Waals surface area contributed by atoms with Crippen molar-refractivity contribution < 1.29 is 9.90 Å². The lowest BCUT2D eigenvalue weighted by Crippen LogP contribution is -2.25. The van der Waals surface area contributed by atoms with Gasteiger partial charge in [-0.3, -0.25) is 4.79 Å². The predicted molar refractivity (Wildman–Crippen MR) is 42.8 cm³/mol. The van der Waals surface area contributed by atoms with Crippen molar-refractivity contribution in [2.45, 2.75) is 13.0 Å². The summed E-state index contributed by atoms with van der Waals surface area (Å²) in [5.41, 5.74) is 0. The van der Waals surface area contributed by atoms with E-state index >= 15 is 0 Å². The van der Waals surface area contributed by atoms with Crippen LogP contribution in [0.5, 0.6) is 0 Å². The predicted octanol–water partition coefficient (Wildman–Crippen LogP) is 1.03. The average Bonchev–Trinajstić information content (AvgIpc) is 2.39. The lowest BCUT2D eigenvalue weighted by Gasteiger charge is -2.05. The van der Waals surface area contributed by atoms with Gasteiger partial charge in [0.05, 0.1) is 0 Å². The van der Waals surface area contributed by atoms with Crippen molar-refractivity contribution in [3.8, 4) is 0 Å². The molecule has 0 radical (unpaired) electrons. The van der Waals surface area contributed by atoms with Gasteiger partial charge in [0.25, 0.3) is 0 Å². The van der Waals surface area contributed by atoms with Gasteiger partial charge in [-0.15, -0.1) is 11.3 Å². The van der Waals surface area contributed by atoms with Gasteiger partial charge in [-0.1, -0.05) is 0 Å². The minimum Gasteiger partial charge on any atom is -0.480 e. The maximum absolute atomic E-state index is 10.3. The number of carboxylic acids is 1. The van der Waals surface area contributed by atoms with Gasteiger partial charge in [0.1, 0.15) is 6.04 Å². The fraction of sp³-hybridized carbons (Fsp3) is 0.333. The zero-order valence-electron chi connectivity index (χ0n) is 5.94. The molecule has 2 N–H and O–H groups in total. The van der Waals surface area contributed by atoms with Crippen LogP contribution in [0.25, 0.3) is 0 Å². The first-order valence-electron chi connectivity index (χ1n) is 3.09. The smallest absolute Gasteiger partial charge is 0.325 e. The van der Waals surface area contributed by atoms with Crippen LogP contribution >= 0.6 is 11.3 Å². The third-order valence-electron chi connectivity index (χ3n) is 1.14. The summed E-state index contributed by atoms with van der Waals surface area (Å²) in [6, 6.07) is -0.582. The highest BCUT2D eigenvalue weighted by atomic mass is 32.1. The second kappa shape index (κ2) is 3.34.